The van der Waals surface area contributed by atoms with Gasteiger partial charge >= 0.3 is 0 Å². The standard InChI is InChI=1S/C20H16N4O3S/c1-2-23-16-9-4-3-8-15(16)22-19(23)17-10-11-18(28-17)20(25)21-13-6-5-7-14(12-13)24(26)27/h3-12H,2H2,1H3,(H,21,25). The van der Waals surface area contributed by atoms with Crippen LogP contribution in [-0.2, 0) is 6.54 Å². The highest BCUT2D eigenvalue weighted by molar-refractivity contribution is 7.17. The van der Waals surface area contributed by atoms with Crippen LogP contribution in [0.15, 0.2) is 60.7 Å². The van der Waals surface area contributed by atoms with Crippen molar-refractivity contribution in [3.8, 4) is 10.7 Å². The number of fused-ring (bicyclic) bond motifs is 1. The second-order valence-corrected chi connectivity index (χ2v) is 7.18. The number of non-ortho nitro benzene ring substituents is 1. The number of aromatic nitrogens is 2. The number of carbonyl (C=O) groups is 1. The number of nitrogens with zero attached hydrogens (tertiary/aromatic N) is 3. The molecule has 8 heteroatoms. The first-order chi connectivity index (χ1) is 13.6. The molecule has 2 heterocycles. The summed E-state index contributed by atoms with van der Waals surface area (Å²) in [5, 5.41) is 13.6. The lowest BCUT2D eigenvalue weighted by Gasteiger charge is -2.04. The van der Waals surface area contributed by atoms with Gasteiger partial charge in [0.25, 0.3) is 11.6 Å². The summed E-state index contributed by atoms with van der Waals surface area (Å²) in [4.78, 5) is 29.1. The third-order valence-electron chi connectivity index (χ3n) is 4.34. The number of nitro groups is 1. The van der Waals surface area contributed by atoms with Crippen molar-refractivity contribution in [2.24, 2.45) is 0 Å². The summed E-state index contributed by atoms with van der Waals surface area (Å²) in [6, 6.07) is 17.4. The number of nitrogens with one attached hydrogen (secondary N) is 1. The molecule has 1 amide bonds. The van der Waals surface area contributed by atoms with E-state index in [4.69, 9.17) is 4.98 Å². The van der Waals surface area contributed by atoms with E-state index in [0.29, 0.717) is 10.6 Å². The second kappa shape index (κ2) is 7.24. The van der Waals surface area contributed by atoms with Crippen molar-refractivity contribution < 1.29 is 9.72 Å². The van der Waals surface area contributed by atoms with Gasteiger partial charge in [0.2, 0.25) is 0 Å². The summed E-state index contributed by atoms with van der Waals surface area (Å²) < 4.78 is 2.11. The molecule has 2 aromatic heterocycles. The molecule has 28 heavy (non-hydrogen) atoms. The fraction of sp³-hybridized carbons (Fsp3) is 0.100. The van der Waals surface area contributed by atoms with Crippen molar-refractivity contribution in [3.63, 3.8) is 0 Å². The molecule has 140 valence electrons. The first-order valence-electron chi connectivity index (χ1n) is 8.68. The van der Waals surface area contributed by atoms with E-state index in [0.717, 1.165) is 28.3 Å². The minimum absolute atomic E-state index is 0.0682. The number of nitro benzene ring substituents is 1. The molecule has 0 aliphatic carbocycles. The third kappa shape index (κ3) is 3.25. The van der Waals surface area contributed by atoms with Gasteiger partial charge in [0.05, 0.1) is 25.7 Å². The number of rotatable bonds is 5. The Bertz CT molecular complexity index is 1200. The van der Waals surface area contributed by atoms with E-state index in [-0.39, 0.29) is 11.6 Å². The van der Waals surface area contributed by atoms with Gasteiger partial charge in [-0.25, -0.2) is 4.98 Å². The lowest BCUT2D eigenvalue weighted by atomic mass is 10.3. The van der Waals surface area contributed by atoms with Crippen molar-refractivity contribution in [2.75, 3.05) is 5.32 Å². The Kier molecular flexibility index (Phi) is 4.62. The second-order valence-electron chi connectivity index (χ2n) is 6.09. The van der Waals surface area contributed by atoms with Gasteiger partial charge in [-0.1, -0.05) is 18.2 Å². The lowest BCUT2D eigenvalue weighted by Crippen LogP contribution is -2.10. The number of thiophene rings is 1. The van der Waals surface area contributed by atoms with Crippen LogP contribution in [0.1, 0.15) is 16.6 Å². The maximum atomic E-state index is 12.6. The zero-order valence-corrected chi connectivity index (χ0v) is 15.8. The summed E-state index contributed by atoms with van der Waals surface area (Å²) >= 11 is 1.34. The number of benzene rings is 2. The number of aryl methyl sites for hydroxylation is 1. The number of para-hydroxylation sites is 2. The van der Waals surface area contributed by atoms with Crippen LogP contribution in [-0.4, -0.2) is 20.4 Å². The van der Waals surface area contributed by atoms with Crippen LogP contribution in [0.2, 0.25) is 0 Å². The Labute approximate surface area is 164 Å². The van der Waals surface area contributed by atoms with Crippen molar-refractivity contribution >= 4 is 39.7 Å². The molecule has 0 radical (unpaired) electrons. The van der Waals surface area contributed by atoms with Gasteiger partial charge in [-0.15, -0.1) is 11.3 Å². The number of amides is 1. The number of anilines is 1. The van der Waals surface area contributed by atoms with Crippen LogP contribution in [0, 0.1) is 10.1 Å². The quantitative estimate of drug-likeness (QED) is 0.384. The van der Waals surface area contributed by atoms with Crippen molar-refractivity contribution in [1.29, 1.82) is 0 Å². The number of hydrogen-bond acceptors (Lipinski definition) is 5. The Morgan fingerprint density at radius 3 is 2.79 bits per heavy atom. The number of imidazole rings is 1. The average molecular weight is 392 g/mol. The highest BCUT2D eigenvalue weighted by Gasteiger charge is 2.16. The van der Waals surface area contributed by atoms with Crippen LogP contribution in [0.5, 0.6) is 0 Å². The van der Waals surface area contributed by atoms with E-state index < -0.39 is 4.92 Å². The van der Waals surface area contributed by atoms with Gasteiger partial charge < -0.3 is 9.88 Å². The van der Waals surface area contributed by atoms with Crippen LogP contribution < -0.4 is 5.32 Å². The molecule has 4 aromatic rings. The Hall–Kier alpha value is -3.52. The zero-order chi connectivity index (χ0) is 19.7. The molecule has 0 spiro atoms. The van der Waals surface area contributed by atoms with Gasteiger partial charge in [-0.05, 0) is 37.3 Å². The predicted octanol–water partition coefficient (Wildman–Crippen LogP) is 4.95. The van der Waals surface area contributed by atoms with Crippen molar-refractivity contribution in [2.45, 2.75) is 13.5 Å². The van der Waals surface area contributed by atoms with E-state index in [9.17, 15) is 14.9 Å². The summed E-state index contributed by atoms with van der Waals surface area (Å²) in [6.45, 7) is 2.82. The van der Waals surface area contributed by atoms with E-state index in [1.165, 1.54) is 29.5 Å². The molecule has 0 atom stereocenters. The largest absolute Gasteiger partial charge is 0.324 e. The molecule has 1 N–H and O–H groups in total. The Morgan fingerprint density at radius 2 is 2.00 bits per heavy atom. The molecule has 0 saturated carbocycles. The van der Waals surface area contributed by atoms with Crippen LogP contribution in [0.4, 0.5) is 11.4 Å². The highest BCUT2D eigenvalue weighted by atomic mass is 32.1. The van der Waals surface area contributed by atoms with Gasteiger partial charge in [-0.3, -0.25) is 14.9 Å². The minimum Gasteiger partial charge on any atom is -0.324 e. The Morgan fingerprint density at radius 1 is 1.18 bits per heavy atom. The smallest absolute Gasteiger partial charge is 0.271 e. The van der Waals surface area contributed by atoms with Gasteiger partial charge in [-0.2, -0.15) is 0 Å². The van der Waals surface area contributed by atoms with E-state index in [2.05, 4.69) is 16.8 Å². The van der Waals surface area contributed by atoms with Crippen LogP contribution in [0.3, 0.4) is 0 Å². The van der Waals surface area contributed by atoms with Crippen LogP contribution >= 0.6 is 11.3 Å². The lowest BCUT2D eigenvalue weighted by molar-refractivity contribution is -0.384. The van der Waals surface area contributed by atoms with E-state index in [1.807, 2.05) is 30.3 Å². The molecule has 2 aromatic carbocycles. The first kappa shape index (κ1) is 17.9. The monoisotopic (exact) mass is 392 g/mol. The molecule has 0 aliphatic heterocycles. The van der Waals surface area contributed by atoms with Crippen molar-refractivity contribution in [3.05, 3.63) is 75.7 Å². The minimum atomic E-state index is -0.492. The number of hydrogen-bond donors (Lipinski definition) is 1. The predicted molar refractivity (Wildman–Crippen MR) is 110 cm³/mol. The molecular weight excluding hydrogens is 376 g/mol. The molecule has 7 nitrogen and oxygen atoms in total. The first-order valence-corrected chi connectivity index (χ1v) is 9.49. The molecule has 0 unspecified atom stereocenters. The van der Waals surface area contributed by atoms with Gasteiger partial charge in [0.1, 0.15) is 0 Å². The summed E-state index contributed by atoms with van der Waals surface area (Å²) in [5.41, 5.74) is 2.28. The molecule has 0 aliphatic rings. The summed E-state index contributed by atoms with van der Waals surface area (Å²) in [6.07, 6.45) is 0. The third-order valence-corrected chi connectivity index (χ3v) is 5.42. The van der Waals surface area contributed by atoms with E-state index in [1.54, 1.807) is 12.1 Å². The number of carbonyl (C=O) groups excluding carboxylic acids is 1. The molecule has 0 bridgehead atoms. The fourth-order valence-corrected chi connectivity index (χ4v) is 3.95. The highest BCUT2D eigenvalue weighted by Crippen LogP contribution is 2.31. The molecular formula is C20H16N4O3S. The topological polar surface area (TPSA) is 90.1 Å². The molecule has 0 fully saturated rings. The average Bonchev–Trinajstić information content (AvgIpc) is 3.32. The van der Waals surface area contributed by atoms with E-state index >= 15 is 0 Å². The molecule has 4 rings (SSSR count). The summed E-state index contributed by atoms with van der Waals surface area (Å²) in [7, 11) is 0. The van der Waals surface area contributed by atoms with Crippen LogP contribution in [0.25, 0.3) is 21.7 Å². The SMILES string of the molecule is CCn1c(-c2ccc(C(=O)Nc3cccc([N+](=O)[O-])c3)s2)nc2ccccc21. The van der Waals surface area contributed by atoms with Gasteiger partial charge in [0, 0.05) is 24.4 Å². The maximum Gasteiger partial charge on any atom is 0.271 e. The Balaban J connectivity index is 1.62. The van der Waals surface area contributed by atoms with Crippen molar-refractivity contribution in [1.82, 2.24) is 9.55 Å². The van der Waals surface area contributed by atoms with Gasteiger partial charge in [0.15, 0.2) is 5.82 Å². The maximum absolute atomic E-state index is 12.6. The normalized spacial score (nSPS) is 10.9. The summed E-state index contributed by atoms with van der Waals surface area (Å²) in [5.74, 6) is 0.513. The fourth-order valence-electron chi connectivity index (χ4n) is 3.05. The molecule has 0 saturated heterocycles. The zero-order valence-electron chi connectivity index (χ0n) is 15.0.